The van der Waals surface area contributed by atoms with E-state index in [1.807, 2.05) is 30.7 Å². The maximum atomic E-state index is 12.3. The van der Waals surface area contributed by atoms with Gasteiger partial charge >= 0.3 is 0 Å². The standard InChI is InChI=1S/C20H19N5O3/c1-14-9-15(2)24(23-14)13-17-6-3-7-18(10-17)20(26)22-21-12-16-5-4-8-19(11-16)25(27)28/h3-12H,13H2,1-2H3,(H,22,26). The number of carbonyl (C=O) groups excluding carboxylic acids is 1. The van der Waals surface area contributed by atoms with E-state index in [0.717, 1.165) is 17.0 Å². The maximum absolute atomic E-state index is 12.3. The molecule has 1 heterocycles. The van der Waals surface area contributed by atoms with E-state index < -0.39 is 4.92 Å². The van der Waals surface area contributed by atoms with Gasteiger partial charge in [0.2, 0.25) is 0 Å². The third kappa shape index (κ3) is 4.67. The minimum atomic E-state index is -0.482. The van der Waals surface area contributed by atoms with E-state index in [4.69, 9.17) is 0 Å². The average Bonchev–Trinajstić information content (AvgIpc) is 2.99. The van der Waals surface area contributed by atoms with Gasteiger partial charge in [-0.15, -0.1) is 0 Å². The van der Waals surface area contributed by atoms with Gasteiger partial charge in [-0.2, -0.15) is 10.2 Å². The first kappa shape index (κ1) is 19.0. The van der Waals surface area contributed by atoms with Crippen LogP contribution in [0.15, 0.2) is 59.7 Å². The lowest BCUT2D eigenvalue weighted by atomic mass is 10.1. The molecular weight excluding hydrogens is 358 g/mol. The van der Waals surface area contributed by atoms with Gasteiger partial charge < -0.3 is 0 Å². The van der Waals surface area contributed by atoms with Crippen LogP contribution in [0.25, 0.3) is 0 Å². The van der Waals surface area contributed by atoms with Gasteiger partial charge in [-0.1, -0.05) is 24.3 Å². The van der Waals surface area contributed by atoms with Crippen LogP contribution >= 0.6 is 0 Å². The van der Waals surface area contributed by atoms with Crippen molar-refractivity contribution in [1.82, 2.24) is 15.2 Å². The minimum Gasteiger partial charge on any atom is -0.267 e. The van der Waals surface area contributed by atoms with E-state index in [-0.39, 0.29) is 11.6 Å². The minimum absolute atomic E-state index is 0.0351. The fourth-order valence-corrected chi connectivity index (χ4v) is 2.77. The molecule has 3 aromatic rings. The van der Waals surface area contributed by atoms with Crippen molar-refractivity contribution in [2.75, 3.05) is 0 Å². The second-order valence-electron chi connectivity index (χ2n) is 6.34. The summed E-state index contributed by atoms with van der Waals surface area (Å²) < 4.78 is 1.88. The number of aryl methyl sites for hydroxylation is 2. The number of hydrogen-bond acceptors (Lipinski definition) is 5. The molecule has 0 aliphatic rings. The first-order valence-electron chi connectivity index (χ1n) is 8.60. The van der Waals surface area contributed by atoms with Crippen LogP contribution in [0.3, 0.4) is 0 Å². The molecule has 0 saturated carbocycles. The highest BCUT2D eigenvalue weighted by atomic mass is 16.6. The van der Waals surface area contributed by atoms with E-state index in [2.05, 4.69) is 15.6 Å². The first-order valence-corrected chi connectivity index (χ1v) is 8.60. The Morgan fingerprint density at radius 3 is 2.71 bits per heavy atom. The van der Waals surface area contributed by atoms with Crippen molar-refractivity contribution in [2.45, 2.75) is 20.4 Å². The average molecular weight is 377 g/mol. The van der Waals surface area contributed by atoms with Crippen LogP contribution in [0, 0.1) is 24.0 Å². The molecule has 1 N–H and O–H groups in total. The van der Waals surface area contributed by atoms with E-state index in [9.17, 15) is 14.9 Å². The summed E-state index contributed by atoms with van der Waals surface area (Å²) in [5.41, 5.74) is 6.34. The summed E-state index contributed by atoms with van der Waals surface area (Å²) in [7, 11) is 0. The number of rotatable bonds is 6. The number of nitrogens with one attached hydrogen (secondary N) is 1. The Balaban J connectivity index is 1.67. The largest absolute Gasteiger partial charge is 0.271 e. The SMILES string of the molecule is Cc1cc(C)n(Cc2cccc(C(=O)NN=Cc3cccc([N+](=O)[O-])c3)c2)n1. The zero-order valence-corrected chi connectivity index (χ0v) is 15.5. The van der Waals surface area contributed by atoms with Crippen LogP contribution in [-0.4, -0.2) is 26.8 Å². The summed E-state index contributed by atoms with van der Waals surface area (Å²) >= 11 is 0. The molecule has 1 aromatic heterocycles. The lowest BCUT2D eigenvalue weighted by Gasteiger charge is -2.06. The normalized spacial score (nSPS) is 10.9. The zero-order chi connectivity index (χ0) is 20.1. The lowest BCUT2D eigenvalue weighted by Crippen LogP contribution is -2.18. The fraction of sp³-hybridized carbons (Fsp3) is 0.150. The smallest absolute Gasteiger partial charge is 0.267 e. The molecule has 0 aliphatic heterocycles. The van der Waals surface area contributed by atoms with Crippen molar-refractivity contribution in [3.8, 4) is 0 Å². The van der Waals surface area contributed by atoms with Gasteiger partial charge in [-0.25, -0.2) is 5.43 Å². The van der Waals surface area contributed by atoms with Crippen LogP contribution in [0.5, 0.6) is 0 Å². The van der Waals surface area contributed by atoms with Crippen molar-refractivity contribution >= 4 is 17.8 Å². The first-order chi connectivity index (χ1) is 13.4. The third-order valence-electron chi connectivity index (χ3n) is 4.09. The molecule has 0 unspecified atom stereocenters. The number of non-ortho nitro benzene ring substituents is 1. The lowest BCUT2D eigenvalue weighted by molar-refractivity contribution is -0.384. The predicted octanol–water partition coefficient (Wildman–Crippen LogP) is 3.22. The van der Waals surface area contributed by atoms with Crippen molar-refractivity contribution in [1.29, 1.82) is 0 Å². The Bertz CT molecular complexity index is 1060. The molecule has 0 saturated heterocycles. The van der Waals surface area contributed by atoms with Crippen molar-refractivity contribution in [2.24, 2.45) is 5.10 Å². The van der Waals surface area contributed by atoms with Gasteiger partial charge in [0.25, 0.3) is 11.6 Å². The second-order valence-corrected chi connectivity index (χ2v) is 6.34. The molecule has 0 aliphatic carbocycles. The number of nitro benzene ring substituents is 1. The van der Waals surface area contributed by atoms with Gasteiger partial charge in [0.05, 0.1) is 23.4 Å². The maximum Gasteiger partial charge on any atom is 0.271 e. The monoisotopic (exact) mass is 377 g/mol. The predicted molar refractivity (Wildman–Crippen MR) is 105 cm³/mol. The fourth-order valence-electron chi connectivity index (χ4n) is 2.77. The van der Waals surface area contributed by atoms with Crippen LogP contribution in [0.4, 0.5) is 5.69 Å². The summed E-state index contributed by atoms with van der Waals surface area (Å²) in [5.74, 6) is -0.364. The molecule has 0 bridgehead atoms. The highest BCUT2D eigenvalue weighted by Gasteiger charge is 2.08. The molecule has 1 amide bonds. The van der Waals surface area contributed by atoms with E-state index in [0.29, 0.717) is 17.7 Å². The van der Waals surface area contributed by atoms with Crippen LogP contribution in [0.1, 0.15) is 32.9 Å². The topological polar surface area (TPSA) is 102 Å². The van der Waals surface area contributed by atoms with E-state index >= 15 is 0 Å². The number of hydrogen-bond donors (Lipinski definition) is 1. The second kappa shape index (κ2) is 8.26. The molecule has 0 spiro atoms. The Morgan fingerprint density at radius 1 is 1.21 bits per heavy atom. The van der Waals surface area contributed by atoms with Crippen molar-refractivity contribution < 1.29 is 9.72 Å². The van der Waals surface area contributed by atoms with E-state index in [1.165, 1.54) is 18.3 Å². The molecule has 0 atom stereocenters. The van der Waals surface area contributed by atoms with Gasteiger partial charge in [0, 0.05) is 29.0 Å². The highest BCUT2D eigenvalue weighted by molar-refractivity contribution is 5.95. The van der Waals surface area contributed by atoms with Crippen molar-refractivity contribution in [3.63, 3.8) is 0 Å². The third-order valence-corrected chi connectivity index (χ3v) is 4.09. The number of amides is 1. The Labute approximate surface area is 161 Å². The number of hydrazone groups is 1. The van der Waals surface area contributed by atoms with Gasteiger partial charge in [-0.3, -0.25) is 19.6 Å². The molecule has 0 fully saturated rings. The number of nitro groups is 1. The summed E-state index contributed by atoms with van der Waals surface area (Å²) in [6.45, 7) is 4.49. The van der Waals surface area contributed by atoms with Crippen LogP contribution in [0.2, 0.25) is 0 Å². The summed E-state index contributed by atoms with van der Waals surface area (Å²) in [4.78, 5) is 22.6. The highest BCUT2D eigenvalue weighted by Crippen LogP contribution is 2.12. The molecule has 0 radical (unpaired) electrons. The van der Waals surface area contributed by atoms with Crippen LogP contribution < -0.4 is 5.43 Å². The zero-order valence-electron chi connectivity index (χ0n) is 15.5. The van der Waals surface area contributed by atoms with Crippen molar-refractivity contribution in [3.05, 3.63) is 92.8 Å². The number of carbonyl (C=O) groups is 1. The molecule has 3 rings (SSSR count). The van der Waals surface area contributed by atoms with Gasteiger partial charge in [0.15, 0.2) is 0 Å². The Kier molecular flexibility index (Phi) is 5.59. The quantitative estimate of drug-likeness (QED) is 0.405. The number of aromatic nitrogens is 2. The number of nitrogens with zero attached hydrogens (tertiary/aromatic N) is 4. The van der Waals surface area contributed by atoms with Gasteiger partial charge in [-0.05, 0) is 37.6 Å². The summed E-state index contributed by atoms with van der Waals surface area (Å²) in [5, 5.41) is 19.1. The molecule has 8 nitrogen and oxygen atoms in total. The summed E-state index contributed by atoms with van der Waals surface area (Å²) in [6, 6.07) is 15.2. The number of benzene rings is 2. The molecule has 2 aromatic carbocycles. The molecule has 142 valence electrons. The Morgan fingerprint density at radius 2 is 2.00 bits per heavy atom. The molecular formula is C20H19N5O3. The molecule has 28 heavy (non-hydrogen) atoms. The summed E-state index contributed by atoms with van der Waals surface area (Å²) in [6.07, 6.45) is 1.37. The van der Waals surface area contributed by atoms with Gasteiger partial charge in [0.1, 0.15) is 0 Å². The van der Waals surface area contributed by atoms with Crippen LogP contribution in [-0.2, 0) is 6.54 Å². The molecule has 8 heteroatoms. The Hall–Kier alpha value is -3.81. The van der Waals surface area contributed by atoms with E-state index in [1.54, 1.807) is 30.3 Å².